The largest absolute Gasteiger partial charge is 0.347 e. The van der Waals surface area contributed by atoms with Crippen molar-refractivity contribution in [2.75, 3.05) is 10.6 Å². The third-order valence-corrected chi connectivity index (χ3v) is 7.70. The lowest BCUT2D eigenvalue weighted by molar-refractivity contribution is -0.120. The Kier molecular flexibility index (Phi) is 6.63. The van der Waals surface area contributed by atoms with Crippen LogP contribution in [0, 0.1) is 0 Å². The lowest BCUT2D eigenvalue weighted by Crippen LogP contribution is -2.60. The van der Waals surface area contributed by atoms with Crippen molar-refractivity contribution in [1.29, 1.82) is 0 Å². The van der Waals surface area contributed by atoms with E-state index in [1.807, 2.05) is 86.6 Å². The number of carbonyl (C=O) groups is 2. The number of nitrogens with zero attached hydrogens (tertiary/aromatic N) is 2. The Labute approximate surface area is 223 Å². The number of fused-ring (bicyclic) bond motifs is 2. The highest BCUT2D eigenvalue weighted by molar-refractivity contribution is 8.24. The first kappa shape index (κ1) is 24.8. The molecule has 4 amide bonds. The van der Waals surface area contributed by atoms with Gasteiger partial charge in [0, 0.05) is 10.8 Å². The predicted octanol–water partition coefficient (Wildman–Crippen LogP) is 6.39. The number of hydrogen-bond donors (Lipinski definition) is 4. The molecule has 0 bridgehead atoms. The molecule has 10 heteroatoms. The maximum absolute atomic E-state index is 13.2. The van der Waals surface area contributed by atoms with Crippen molar-refractivity contribution in [3.8, 4) is 0 Å². The van der Waals surface area contributed by atoms with Crippen molar-refractivity contribution in [2.24, 2.45) is 0 Å². The van der Waals surface area contributed by atoms with Gasteiger partial charge in [-0.15, -0.1) is 0 Å². The molecule has 4 aromatic rings. The number of carbonyl (C=O) groups excluding carboxylic acids is 2. The smallest absolute Gasteiger partial charge is 0.306 e. The second-order valence-electron chi connectivity index (χ2n) is 9.11. The Morgan fingerprint density at radius 3 is 1.97 bits per heavy atom. The summed E-state index contributed by atoms with van der Waals surface area (Å²) in [5.74, 6) is 0. The summed E-state index contributed by atoms with van der Waals surface area (Å²) >= 11 is 6.78. The SMILES string of the molecule is CC1(C)SC(=S)N(NC(=O)Nc2cccc3ccccc23)C1N(O)C(=O)Nc1cccc2ccccc12. The molecule has 188 valence electrons. The molecule has 1 saturated heterocycles. The van der Waals surface area contributed by atoms with E-state index in [4.69, 9.17) is 12.2 Å². The van der Waals surface area contributed by atoms with Crippen LogP contribution < -0.4 is 16.1 Å². The molecule has 1 aliphatic heterocycles. The van der Waals surface area contributed by atoms with Crippen molar-refractivity contribution < 1.29 is 14.8 Å². The van der Waals surface area contributed by atoms with Gasteiger partial charge in [0.05, 0.1) is 16.1 Å². The Hall–Kier alpha value is -3.86. The third kappa shape index (κ3) is 4.91. The molecule has 1 aliphatic rings. The highest BCUT2D eigenvalue weighted by Crippen LogP contribution is 2.41. The summed E-state index contributed by atoms with van der Waals surface area (Å²) in [7, 11) is 0. The lowest BCUT2D eigenvalue weighted by Gasteiger charge is -2.36. The van der Waals surface area contributed by atoms with Crippen LogP contribution in [0.4, 0.5) is 21.0 Å². The van der Waals surface area contributed by atoms with Gasteiger partial charge >= 0.3 is 12.1 Å². The topological polar surface area (TPSA) is 96.9 Å². The summed E-state index contributed by atoms with van der Waals surface area (Å²) in [6.07, 6.45) is -0.974. The summed E-state index contributed by atoms with van der Waals surface area (Å²) < 4.78 is -0.408. The molecule has 4 aromatic carbocycles. The number of rotatable bonds is 4. The fourth-order valence-corrected chi connectivity index (χ4v) is 6.25. The maximum Gasteiger partial charge on any atom is 0.347 e. The quantitative estimate of drug-likeness (QED) is 0.138. The van der Waals surface area contributed by atoms with Crippen molar-refractivity contribution in [3.63, 3.8) is 0 Å². The molecule has 8 nitrogen and oxygen atoms in total. The number of amides is 4. The monoisotopic (exact) mass is 531 g/mol. The third-order valence-electron chi connectivity index (χ3n) is 6.14. The van der Waals surface area contributed by atoms with Gasteiger partial charge in [0.25, 0.3) is 0 Å². The Morgan fingerprint density at radius 1 is 0.865 bits per heavy atom. The number of thioether (sulfide) groups is 1. The molecule has 1 heterocycles. The van der Waals surface area contributed by atoms with Gasteiger partial charge in [0.1, 0.15) is 0 Å². The summed E-state index contributed by atoms with van der Waals surface area (Å²) in [6, 6.07) is 25.2. The summed E-state index contributed by atoms with van der Waals surface area (Å²) in [5, 5.41) is 22.3. The molecule has 1 atom stereocenters. The lowest BCUT2D eigenvalue weighted by atomic mass is 10.1. The first-order valence-corrected chi connectivity index (χ1v) is 12.8. The number of anilines is 2. The van der Waals surface area contributed by atoms with Crippen LogP contribution in [0.5, 0.6) is 0 Å². The minimum Gasteiger partial charge on any atom is -0.306 e. The zero-order valence-electron chi connectivity index (χ0n) is 20.1. The van der Waals surface area contributed by atoms with Crippen molar-refractivity contribution in [1.82, 2.24) is 15.5 Å². The van der Waals surface area contributed by atoms with Crippen LogP contribution in [-0.4, -0.2) is 42.6 Å². The fourth-order valence-electron chi connectivity index (χ4n) is 4.46. The van der Waals surface area contributed by atoms with Gasteiger partial charge < -0.3 is 10.6 Å². The van der Waals surface area contributed by atoms with Crippen LogP contribution in [0.25, 0.3) is 21.5 Å². The molecule has 0 radical (unpaired) electrons. The number of hydrogen-bond acceptors (Lipinski definition) is 5. The summed E-state index contributed by atoms with van der Waals surface area (Å²) in [6.45, 7) is 3.68. The van der Waals surface area contributed by atoms with Gasteiger partial charge in [-0.2, -0.15) is 5.06 Å². The zero-order chi connectivity index (χ0) is 26.2. The number of hydroxylamine groups is 2. The van der Waals surface area contributed by atoms with E-state index in [1.54, 1.807) is 12.1 Å². The molecule has 37 heavy (non-hydrogen) atoms. The van der Waals surface area contributed by atoms with E-state index < -0.39 is 23.0 Å². The second kappa shape index (κ2) is 9.89. The highest BCUT2D eigenvalue weighted by atomic mass is 32.2. The fraction of sp³-hybridized carbons (Fsp3) is 0.148. The van der Waals surface area contributed by atoms with E-state index in [2.05, 4.69) is 16.1 Å². The maximum atomic E-state index is 13.2. The standard InChI is InChI=1S/C27H25N5O3S2/c1-27(2)23(32(35)25(34)29-22-16-8-12-18-10-4-6-14-20(18)22)31(26(36)37-27)30-24(33)28-21-15-7-11-17-9-3-5-13-19(17)21/h3-16,23,35H,1-2H3,(H,29,34)(H2,28,30,33). The minimum absolute atomic E-state index is 0.320. The van der Waals surface area contributed by atoms with E-state index >= 15 is 0 Å². The first-order chi connectivity index (χ1) is 17.7. The van der Waals surface area contributed by atoms with Gasteiger partial charge in [-0.05, 0) is 36.8 Å². The predicted molar refractivity (Wildman–Crippen MR) is 153 cm³/mol. The van der Waals surface area contributed by atoms with Gasteiger partial charge in [-0.1, -0.05) is 96.8 Å². The first-order valence-electron chi connectivity index (χ1n) is 11.6. The van der Waals surface area contributed by atoms with Gasteiger partial charge in [0.2, 0.25) is 0 Å². The highest BCUT2D eigenvalue weighted by Gasteiger charge is 2.50. The molecule has 1 unspecified atom stereocenters. The second-order valence-corrected chi connectivity index (χ2v) is 11.4. The van der Waals surface area contributed by atoms with Crippen molar-refractivity contribution in [2.45, 2.75) is 24.8 Å². The van der Waals surface area contributed by atoms with Crippen LogP contribution in [0.3, 0.4) is 0 Å². The van der Waals surface area contributed by atoms with E-state index in [-0.39, 0.29) is 0 Å². The number of thiocarbonyl (C=S) groups is 1. The normalized spacial score (nSPS) is 16.6. The molecule has 0 saturated carbocycles. The number of hydrazine groups is 1. The number of nitrogens with one attached hydrogen (secondary N) is 3. The Balaban J connectivity index is 1.35. The molecular weight excluding hydrogens is 506 g/mol. The van der Waals surface area contributed by atoms with Crippen LogP contribution in [0.2, 0.25) is 0 Å². The molecule has 0 spiro atoms. The summed E-state index contributed by atoms with van der Waals surface area (Å²) in [4.78, 5) is 26.2. The van der Waals surface area contributed by atoms with Crippen LogP contribution in [-0.2, 0) is 0 Å². The average molecular weight is 532 g/mol. The molecule has 0 aromatic heterocycles. The van der Waals surface area contributed by atoms with E-state index in [9.17, 15) is 14.8 Å². The molecule has 0 aliphatic carbocycles. The van der Waals surface area contributed by atoms with E-state index in [0.717, 1.165) is 21.5 Å². The molecule has 1 fully saturated rings. The van der Waals surface area contributed by atoms with E-state index in [1.165, 1.54) is 16.8 Å². The van der Waals surface area contributed by atoms with Crippen LogP contribution >= 0.6 is 24.0 Å². The summed E-state index contributed by atoms with van der Waals surface area (Å²) in [5.41, 5.74) is 3.90. The minimum atomic E-state index is -0.974. The van der Waals surface area contributed by atoms with Crippen molar-refractivity contribution >= 4 is 73.3 Å². The van der Waals surface area contributed by atoms with Crippen LogP contribution in [0.15, 0.2) is 84.9 Å². The average Bonchev–Trinajstić information content (AvgIpc) is 3.10. The Bertz CT molecular complexity index is 1520. The van der Waals surface area contributed by atoms with Gasteiger partial charge in [0.15, 0.2) is 10.5 Å². The Morgan fingerprint density at radius 2 is 1.38 bits per heavy atom. The van der Waals surface area contributed by atoms with Gasteiger partial charge in [-0.25, -0.2) is 20.0 Å². The molecular formula is C27H25N5O3S2. The van der Waals surface area contributed by atoms with Gasteiger partial charge in [-0.3, -0.25) is 5.21 Å². The number of urea groups is 2. The molecule has 5 rings (SSSR count). The van der Waals surface area contributed by atoms with Crippen molar-refractivity contribution in [3.05, 3.63) is 84.9 Å². The molecule has 4 N–H and O–H groups in total. The zero-order valence-corrected chi connectivity index (χ0v) is 21.8. The number of benzene rings is 4. The van der Waals surface area contributed by atoms with Crippen LogP contribution in [0.1, 0.15) is 13.8 Å². The van der Waals surface area contributed by atoms with E-state index in [0.29, 0.717) is 20.8 Å².